The summed E-state index contributed by atoms with van der Waals surface area (Å²) >= 11 is 0. The molecule has 0 spiro atoms. The Bertz CT molecular complexity index is 1220. The van der Waals surface area contributed by atoms with Gasteiger partial charge in [0, 0.05) is 49.8 Å². The maximum absolute atomic E-state index is 13.5. The van der Waals surface area contributed by atoms with E-state index >= 15 is 0 Å². The van der Waals surface area contributed by atoms with Gasteiger partial charge in [-0.15, -0.1) is 0 Å². The van der Waals surface area contributed by atoms with Crippen molar-refractivity contribution < 1.29 is 8.91 Å². The standard InChI is InChI=1S/C20H21BFN7O2/c1-27(2)26-21-17-18(21)23-10-29(20(17)30)9-15-24-19(25-31-15)16-13-7-28(8-14(13)16)12-5-3-4-11(22)6-12/h3-6,10,13-14,16,26H,7-9H2,1-2H3. The first kappa shape index (κ1) is 18.7. The molecule has 2 aromatic heterocycles. The van der Waals surface area contributed by atoms with E-state index in [4.69, 9.17) is 4.52 Å². The molecule has 3 aromatic rings. The number of nitrogens with zero attached hydrogens (tertiary/aromatic N) is 6. The van der Waals surface area contributed by atoms with Gasteiger partial charge in [0.15, 0.2) is 5.82 Å². The SMILES string of the molecule is CN(C)NB1c2ncn(Cc3nc(C4C5CN(c6cccc(F)c6)CC54)no3)c(=O)c21. The van der Waals surface area contributed by atoms with Gasteiger partial charge in [-0.2, -0.15) is 4.98 Å². The van der Waals surface area contributed by atoms with Crippen LogP contribution in [0.25, 0.3) is 0 Å². The molecule has 1 aliphatic carbocycles. The molecule has 158 valence electrons. The van der Waals surface area contributed by atoms with Gasteiger partial charge in [-0.1, -0.05) is 11.2 Å². The molecule has 1 saturated heterocycles. The Balaban J connectivity index is 1.11. The minimum Gasteiger partial charge on any atom is -0.371 e. The van der Waals surface area contributed by atoms with E-state index in [1.165, 1.54) is 17.0 Å². The summed E-state index contributed by atoms with van der Waals surface area (Å²) in [6.07, 6.45) is 1.53. The molecule has 2 unspecified atom stereocenters. The van der Waals surface area contributed by atoms with Gasteiger partial charge in [0.1, 0.15) is 12.4 Å². The molecule has 2 aliphatic heterocycles. The van der Waals surface area contributed by atoms with Gasteiger partial charge in [0.25, 0.3) is 0 Å². The highest BCUT2D eigenvalue weighted by atomic mass is 19.1. The second-order valence-corrected chi connectivity index (χ2v) is 8.72. The lowest BCUT2D eigenvalue weighted by Gasteiger charge is -2.21. The van der Waals surface area contributed by atoms with Gasteiger partial charge in [-0.05, 0) is 30.0 Å². The van der Waals surface area contributed by atoms with E-state index in [1.54, 1.807) is 12.1 Å². The quantitative estimate of drug-likeness (QED) is 0.407. The molecule has 9 nitrogen and oxygen atoms in total. The summed E-state index contributed by atoms with van der Waals surface area (Å²) in [6, 6.07) is 6.71. The molecule has 0 bridgehead atoms. The van der Waals surface area contributed by atoms with Gasteiger partial charge in [0.05, 0.1) is 6.33 Å². The van der Waals surface area contributed by atoms with Crippen LogP contribution < -0.4 is 26.9 Å². The molecule has 2 fully saturated rings. The van der Waals surface area contributed by atoms with Crippen LogP contribution in [-0.2, 0) is 6.54 Å². The lowest BCUT2D eigenvalue weighted by Crippen LogP contribution is -2.43. The van der Waals surface area contributed by atoms with E-state index in [0.29, 0.717) is 29.0 Å². The number of hydrogen-bond donors (Lipinski definition) is 1. The fraction of sp³-hybridized carbons (Fsp3) is 0.400. The van der Waals surface area contributed by atoms with Gasteiger partial charge >= 0.3 is 6.85 Å². The topological polar surface area (TPSA) is 92.3 Å². The third-order valence-corrected chi connectivity index (χ3v) is 6.42. The first-order valence-electron chi connectivity index (χ1n) is 10.4. The molecule has 4 heterocycles. The number of rotatable bonds is 6. The Morgan fingerprint density at radius 2 is 2.13 bits per heavy atom. The summed E-state index contributed by atoms with van der Waals surface area (Å²) in [5.41, 5.74) is 2.30. The lowest BCUT2D eigenvalue weighted by atomic mass is 9.82. The highest BCUT2D eigenvalue weighted by Gasteiger charge is 2.58. The first-order chi connectivity index (χ1) is 15.0. The first-order valence-corrected chi connectivity index (χ1v) is 10.4. The number of halogens is 1. The molecule has 1 saturated carbocycles. The summed E-state index contributed by atoms with van der Waals surface area (Å²) in [7, 11) is 3.75. The molecule has 1 aromatic carbocycles. The molecular weight excluding hydrogens is 400 g/mol. The van der Waals surface area contributed by atoms with E-state index in [1.807, 2.05) is 25.2 Å². The second kappa shape index (κ2) is 6.73. The lowest BCUT2D eigenvalue weighted by molar-refractivity contribution is 0.363. The van der Waals surface area contributed by atoms with E-state index in [2.05, 4.69) is 25.4 Å². The van der Waals surface area contributed by atoms with Crippen molar-refractivity contribution in [2.24, 2.45) is 11.8 Å². The Morgan fingerprint density at radius 3 is 2.87 bits per heavy atom. The monoisotopic (exact) mass is 421 g/mol. The maximum Gasteiger partial charge on any atom is 0.331 e. The fourth-order valence-electron chi connectivity index (χ4n) is 4.83. The molecule has 0 amide bonds. The molecule has 11 heteroatoms. The van der Waals surface area contributed by atoms with Crippen molar-refractivity contribution in [2.45, 2.75) is 12.5 Å². The summed E-state index contributed by atoms with van der Waals surface area (Å²) in [4.78, 5) is 23.8. The highest BCUT2D eigenvalue weighted by molar-refractivity contribution is 6.99. The molecule has 6 rings (SSSR count). The van der Waals surface area contributed by atoms with Crippen molar-refractivity contribution in [1.29, 1.82) is 0 Å². The van der Waals surface area contributed by atoms with Crippen molar-refractivity contribution in [3.8, 4) is 0 Å². The third-order valence-electron chi connectivity index (χ3n) is 6.42. The predicted octanol–water partition coefficient (Wildman–Crippen LogP) is -0.851. The van der Waals surface area contributed by atoms with Crippen molar-refractivity contribution in [2.75, 3.05) is 32.1 Å². The number of benzene rings is 1. The Morgan fingerprint density at radius 1 is 1.32 bits per heavy atom. The van der Waals surface area contributed by atoms with Crippen LogP contribution in [0.5, 0.6) is 0 Å². The summed E-state index contributed by atoms with van der Waals surface area (Å²) in [5.74, 6) is 2.05. The Labute approximate surface area is 177 Å². The molecule has 1 N–H and O–H groups in total. The number of anilines is 1. The minimum atomic E-state index is -0.217. The maximum atomic E-state index is 13.5. The van der Waals surface area contributed by atoms with Crippen LogP contribution in [0.15, 0.2) is 39.9 Å². The van der Waals surface area contributed by atoms with Crippen LogP contribution >= 0.6 is 0 Å². The van der Waals surface area contributed by atoms with Crippen molar-refractivity contribution in [3.05, 3.63) is 58.5 Å². The normalized spacial score (nSPS) is 23.3. The predicted molar refractivity (Wildman–Crippen MR) is 112 cm³/mol. The zero-order chi connectivity index (χ0) is 21.3. The number of nitrogens with one attached hydrogen (secondary N) is 1. The minimum absolute atomic E-state index is 0.0851. The van der Waals surface area contributed by atoms with Gasteiger partial charge in [-0.25, -0.2) is 4.39 Å². The molecule has 3 aliphatic rings. The van der Waals surface area contributed by atoms with Crippen molar-refractivity contribution >= 4 is 23.6 Å². The average molecular weight is 421 g/mol. The molecule has 0 radical (unpaired) electrons. The zero-order valence-corrected chi connectivity index (χ0v) is 17.2. The largest absolute Gasteiger partial charge is 0.371 e. The second-order valence-electron chi connectivity index (χ2n) is 8.72. The van der Waals surface area contributed by atoms with Crippen LogP contribution in [0.2, 0.25) is 0 Å². The van der Waals surface area contributed by atoms with E-state index in [0.717, 1.165) is 24.4 Å². The third kappa shape index (κ3) is 3.15. The van der Waals surface area contributed by atoms with Crippen LogP contribution in [0.4, 0.5) is 10.1 Å². The Hall–Kier alpha value is -3.05. The summed E-state index contributed by atoms with van der Waals surface area (Å²) < 4.78 is 20.4. The smallest absolute Gasteiger partial charge is 0.331 e. The zero-order valence-electron chi connectivity index (χ0n) is 17.2. The van der Waals surface area contributed by atoms with Crippen LogP contribution in [-0.4, -0.2) is 58.7 Å². The molecular formula is C20H21BFN7O2. The van der Waals surface area contributed by atoms with Crippen LogP contribution in [0.1, 0.15) is 17.6 Å². The van der Waals surface area contributed by atoms with Gasteiger partial charge < -0.3 is 9.42 Å². The van der Waals surface area contributed by atoms with Crippen molar-refractivity contribution in [3.63, 3.8) is 0 Å². The number of hydrogen-bond acceptors (Lipinski definition) is 8. The van der Waals surface area contributed by atoms with E-state index in [-0.39, 0.29) is 30.7 Å². The molecule has 2 atom stereocenters. The number of piperidine rings is 1. The number of aromatic nitrogens is 4. The summed E-state index contributed by atoms with van der Waals surface area (Å²) in [6.45, 7) is 1.81. The van der Waals surface area contributed by atoms with Gasteiger partial charge in [-0.3, -0.25) is 24.7 Å². The molecule has 31 heavy (non-hydrogen) atoms. The van der Waals surface area contributed by atoms with E-state index < -0.39 is 0 Å². The van der Waals surface area contributed by atoms with Crippen molar-refractivity contribution in [1.82, 2.24) is 30.0 Å². The van der Waals surface area contributed by atoms with E-state index in [9.17, 15) is 9.18 Å². The Kier molecular flexibility index (Phi) is 4.06. The number of hydrazine groups is 1. The summed E-state index contributed by atoms with van der Waals surface area (Å²) in [5, 5.41) is 9.14. The average Bonchev–Trinajstić information content (AvgIpc) is 3.43. The van der Waals surface area contributed by atoms with Crippen LogP contribution in [0, 0.1) is 17.7 Å². The fourth-order valence-corrected chi connectivity index (χ4v) is 4.83. The highest BCUT2D eigenvalue weighted by Crippen LogP contribution is 2.57. The van der Waals surface area contributed by atoms with Crippen LogP contribution in [0.3, 0.4) is 0 Å². The van der Waals surface area contributed by atoms with Gasteiger partial charge in [0.2, 0.25) is 11.4 Å². The number of fused-ring (bicyclic) bond motifs is 2.